The highest BCUT2D eigenvalue weighted by molar-refractivity contribution is 9.09. The molecule has 0 aliphatic carbocycles. The Morgan fingerprint density at radius 2 is 2.30 bits per heavy atom. The lowest BCUT2D eigenvalue weighted by molar-refractivity contribution is -0.139. The summed E-state index contributed by atoms with van der Waals surface area (Å²) in [5, 5.41) is 0.850. The first-order valence-electron chi connectivity index (χ1n) is 3.00. The molecule has 0 saturated heterocycles. The van der Waals surface area contributed by atoms with Gasteiger partial charge in [-0.2, -0.15) is 0 Å². The van der Waals surface area contributed by atoms with Gasteiger partial charge < -0.3 is 4.74 Å². The van der Waals surface area contributed by atoms with Gasteiger partial charge in [0.25, 0.3) is 0 Å². The summed E-state index contributed by atoms with van der Waals surface area (Å²) >= 11 is 3.25. The highest BCUT2D eigenvalue weighted by Crippen LogP contribution is 2.06. The SMILES string of the molecule is C=C(CCBr)CC(=O)OC. The fourth-order valence-corrected chi connectivity index (χ4v) is 1.06. The molecule has 0 spiro atoms. The summed E-state index contributed by atoms with van der Waals surface area (Å²) in [5.41, 5.74) is 0.906. The Hall–Kier alpha value is -0.310. The number of esters is 1. The molecule has 0 aliphatic rings. The van der Waals surface area contributed by atoms with Crippen LogP contribution in [0, 0.1) is 0 Å². The minimum atomic E-state index is -0.217. The van der Waals surface area contributed by atoms with Crippen LogP contribution in [-0.2, 0) is 9.53 Å². The molecular formula is C7H11BrO2. The zero-order valence-electron chi connectivity index (χ0n) is 6.02. The third kappa shape index (κ3) is 4.56. The molecule has 0 amide bonds. The normalized spacial score (nSPS) is 9.00. The number of hydrogen-bond acceptors (Lipinski definition) is 2. The fourth-order valence-electron chi connectivity index (χ4n) is 0.498. The highest BCUT2D eigenvalue weighted by Gasteiger charge is 2.01. The van der Waals surface area contributed by atoms with Gasteiger partial charge in [-0.15, -0.1) is 0 Å². The zero-order valence-corrected chi connectivity index (χ0v) is 7.61. The third-order valence-corrected chi connectivity index (χ3v) is 1.47. The van der Waals surface area contributed by atoms with Crippen molar-refractivity contribution in [2.24, 2.45) is 0 Å². The van der Waals surface area contributed by atoms with Crippen molar-refractivity contribution >= 4 is 21.9 Å². The predicted octanol–water partition coefficient (Wildman–Crippen LogP) is 1.89. The molecular weight excluding hydrogens is 196 g/mol. The molecule has 0 heterocycles. The van der Waals surface area contributed by atoms with Crippen LogP contribution in [0.25, 0.3) is 0 Å². The molecule has 0 radical (unpaired) electrons. The van der Waals surface area contributed by atoms with Crippen LogP contribution in [0.15, 0.2) is 12.2 Å². The van der Waals surface area contributed by atoms with Gasteiger partial charge in [-0.25, -0.2) is 0 Å². The van der Waals surface area contributed by atoms with Crippen LogP contribution < -0.4 is 0 Å². The number of halogens is 1. The maximum Gasteiger partial charge on any atom is 0.309 e. The monoisotopic (exact) mass is 206 g/mol. The number of carbonyl (C=O) groups excluding carboxylic acids is 1. The molecule has 0 atom stereocenters. The van der Waals surface area contributed by atoms with Crippen molar-refractivity contribution in [3.05, 3.63) is 12.2 Å². The van der Waals surface area contributed by atoms with Crippen molar-refractivity contribution in [3.8, 4) is 0 Å². The summed E-state index contributed by atoms with van der Waals surface area (Å²) in [4.78, 5) is 10.6. The Morgan fingerprint density at radius 1 is 1.70 bits per heavy atom. The van der Waals surface area contributed by atoms with E-state index in [1.807, 2.05) is 0 Å². The van der Waals surface area contributed by atoms with E-state index in [2.05, 4.69) is 27.2 Å². The number of carbonyl (C=O) groups is 1. The summed E-state index contributed by atoms with van der Waals surface area (Å²) in [5.74, 6) is -0.217. The summed E-state index contributed by atoms with van der Waals surface area (Å²) in [6, 6.07) is 0. The van der Waals surface area contributed by atoms with Gasteiger partial charge in [0.05, 0.1) is 13.5 Å². The second-order valence-corrected chi connectivity index (χ2v) is 2.73. The number of ether oxygens (including phenoxy) is 1. The second-order valence-electron chi connectivity index (χ2n) is 1.94. The number of hydrogen-bond donors (Lipinski definition) is 0. The zero-order chi connectivity index (χ0) is 7.98. The summed E-state index contributed by atoms with van der Waals surface area (Å²) in [6.07, 6.45) is 1.16. The largest absolute Gasteiger partial charge is 0.469 e. The van der Waals surface area contributed by atoms with E-state index in [0.29, 0.717) is 6.42 Å². The van der Waals surface area contributed by atoms with Gasteiger partial charge >= 0.3 is 5.97 Å². The van der Waals surface area contributed by atoms with Gasteiger partial charge in [0, 0.05) is 5.33 Å². The summed E-state index contributed by atoms with van der Waals surface area (Å²) in [7, 11) is 1.38. The van der Waals surface area contributed by atoms with Crippen molar-refractivity contribution in [3.63, 3.8) is 0 Å². The van der Waals surface area contributed by atoms with Crippen LogP contribution in [0.5, 0.6) is 0 Å². The first kappa shape index (κ1) is 9.69. The smallest absolute Gasteiger partial charge is 0.309 e. The molecule has 0 bridgehead atoms. The van der Waals surface area contributed by atoms with Crippen molar-refractivity contribution in [2.75, 3.05) is 12.4 Å². The lowest BCUT2D eigenvalue weighted by Crippen LogP contribution is -2.01. The van der Waals surface area contributed by atoms with Gasteiger partial charge in [0.15, 0.2) is 0 Å². The molecule has 0 rings (SSSR count). The molecule has 10 heavy (non-hydrogen) atoms. The van der Waals surface area contributed by atoms with Gasteiger partial charge in [0.1, 0.15) is 0 Å². The van der Waals surface area contributed by atoms with Crippen LogP contribution >= 0.6 is 15.9 Å². The molecule has 0 N–H and O–H groups in total. The van der Waals surface area contributed by atoms with Crippen LogP contribution in [0.1, 0.15) is 12.8 Å². The Labute approximate surface area is 69.4 Å². The molecule has 3 heteroatoms. The van der Waals surface area contributed by atoms with Crippen molar-refractivity contribution in [2.45, 2.75) is 12.8 Å². The maximum absolute atomic E-state index is 10.6. The average Bonchev–Trinajstić information content (AvgIpc) is 1.88. The van der Waals surface area contributed by atoms with Crippen LogP contribution in [-0.4, -0.2) is 18.4 Å². The van der Waals surface area contributed by atoms with E-state index in [0.717, 1.165) is 17.3 Å². The molecule has 0 saturated carbocycles. The predicted molar refractivity (Wildman–Crippen MR) is 44.2 cm³/mol. The minimum Gasteiger partial charge on any atom is -0.469 e. The van der Waals surface area contributed by atoms with E-state index >= 15 is 0 Å². The molecule has 0 unspecified atom stereocenters. The van der Waals surface area contributed by atoms with Crippen LogP contribution in [0.4, 0.5) is 0 Å². The van der Waals surface area contributed by atoms with Crippen molar-refractivity contribution in [1.82, 2.24) is 0 Å². The van der Waals surface area contributed by atoms with Gasteiger partial charge in [0.2, 0.25) is 0 Å². The lowest BCUT2D eigenvalue weighted by atomic mass is 10.2. The Kier molecular flexibility index (Phi) is 5.30. The van der Waals surface area contributed by atoms with E-state index in [4.69, 9.17) is 0 Å². The Bertz CT molecular complexity index is 132. The molecule has 0 aromatic carbocycles. The molecule has 0 fully saturated rings. The van der Waals surface area contributed by atoms with E-state index in [1.54, 1.807) is 0 Å². The van der Waals surface area contributed by atoms with E-state index in [-0.39, 0.29) is 5.97 Å². The standard InChI is InChI=1S/C7H11BrO2/c1-6(3-4-8)5-7(9)10-2/h1,3-5H2,2H3. The lowest BCUT2D eigenvalue weighted by Gasteiger charge is -1.99. The topological polar surface area (TPSA) is 26.3 Å². The van der Waals surface area contributed by atoms with Crippen molar-refractivity contribution in [1.29, 1.82) is 0 Å². The van der Waals surface area contributed by atoms with Gasteiger partial charge in [-0.3, -0.25) is 4.79 Å². The molecule has 2 nitrogen and oxygen atoms in total. The second kappa shape index (κ2) is 5.47. The van der Waals surface area contributed by atoms with E-state index in [1.165, 1.54) is 7.11 Å². The average molecular weight is 207 g/mol. The Morgan fingerprint density at radius 3 is 2.70 bits per heavy atom. The van der Waals surface area contributed by atoms with Gasteiger partial charge in [-0.1, -0.05) is 28.1 Å². The molecule has 58 valence electrons. The molecule has 0 aromatic heterocycles. The van der Waals surface area contributed by atoms with Gasteiger partial charge in [-0.05, 0) is 6.42 Å². The van der Waals surface area contributed by atoms with Crippen LogP contribution in [0.2, 0.25) is 0 Å². The van der Waals surface area contributed by atoms with Crippen LogP contribution in [0.3, 0.4) is 0 Å². The highest BCUT2D eigenvalue weighted by atomic mass is 79.9. The third-order valence-electron chi connectivity index (χ3n) is 1.07. The maximum atomic E-state index is 10.6. The first-order valence-corrected chi connectivity index (χ1v) is 4.12. The summed E-state index contributed by atoms with van der Waals surface area (Å²) in [6.45, 7) is 3.70. The molecule has 0 aliphatic heterocycles. The number of methoxy groups -OCH3 is 1. The number of alkyl halides is 1. The Balaban J connectivity index is 3.47. The summed E-state index contributed by atoms with van der Waals surface area (Å²) < 4.78 is 4.45. The number of rotatable bonds is 4. The molecule has 0 aromatic rings. The van der Waals surface area contributed by atoms with E-state index < -0.39 is 0 Å². The van der Waals surface area contributed by atoms with E-state index in [9.17, 15) is 4.79 Å². The first-order chi connectivity index (χ1) is 4.70. The minimum absolute atomic E-state index is 0.217. The quantitative estimate of drug-likeness (QED) is 0.399. The van der Waals surface area contributed by atoms with Crippen molar-refractivity contribution < 1.29 is 9.53 Å². The fraction of sp³-hybridized carbons (Fsp3) is 0.571.